The van der Waals surface area contributed by atoms with Gasteiger partial charge in [-0.05, 0) is 43.5 Å². The van der Waals surface area contributed by atoms with Crippen LogP contribution in [0.4, 0.5) is 0 Å². The van der Waals surface area contributed by atoms with Gasteiger partial charge in [-0.25, -0.2) is 4.98 Å². The lowest BCUT2D eigenvalue weighted by molar-refractivity contribution is -0.129. The number of Topliss-reactive ketones (excluding diaryl/α,β-unsaturated/α-hetero) is 1. The number of hydrogen-bond acceptors (Lipinski definition) is 7. The maximum absolute atomic E-state index is 13.6. The van der Waals surface area contributed by atoms with Gasteiger partial charge in [-0.15, -0.1) is 11.3 Å². The van der Waals surface area contributed by atoms with E-state index in [9.17, 15) is 14.7 Å². The minimum atomic E-state index is -0.748. The Hall–Kier alpha value is -3.65. The number of aromatic nitrogens is 1. The Labute approximate surface area is 208 Å². The molecule has 1 aromatic heterocycles. The monoisotopic (exact) mass is 492 g/mol. The van der Waals surface area contributed by atoms with Crippen LogP contribution in [0.5, 0.6) is 11.5 Å². The Kier molecular flexibility index (Phi) is 7.21. The summed E-state index contributed by atoms with van der Waals surface area (Å²) in [6.45, 7) is 6.24. The van der Waals surface area contributed by atoms with Crippen LogP contribution in [-0.2, 0) is 11.4 Å². The highest BCUT2D eigenvalue weighted by Gasteiger charge is 2.44. The lowest BCUT2D eigenvalue weighted by Gasteiger charge is -2.27. The third-order valence-corrected chi connectivity index (χ3v) is 6.93. The van der Waals surface area contributed by atoms with Crippen LogP contribution >= 0.6 is 11.3 Å². The number of aliphatic hydroxyl groups excluding tert-OH is 1. The molecule has 3 aromatic rings. The third kappa shape index (κ3) is 4.79. The molecular formula is C27H28N2O5S. The molecule has 1 amide bonds. The predicted octanol–water partition coefficient (Wildman–Crippen LogP) is 5.34. The summed E-state index contributed by atoms with van der Waals surface area (Å²) in [5, 5.41) is 11.6. The van der Waals surface area contributed by atoms with Crippen molar-refractivity contribution >= 4 is 23.0 Å². The zero-order chi connectivity index (χ0) is 25.1. The van der Waals surface area contributed by atoms with E-state index in [4.69, 9.17) is 9.47 Å². The van der Waals surface area contributed by atoms with Crippen LogP contribution in [0.25, 0.3) is 0 Å². The number of methoxy groups -OCH3 is 1. The highest BCUT2D eigenvalue weighted by Crippen LogP contribution is 2.42. The number of ether oxygens (including phenoxy) is 2. The first-order chi connectivity index (χ1) is 16.8. The van der Waals surface area contributed by atoms with Gasteiger partial charge >= 0.3 is 0 Å². The standard InChI is InChI=1S/C27H28N2O5S/c1-5-13-29-23(22(25(31)27(29)32)24(30)26-16(2)28-17(3)35-26)19-11-12-20(33-4)21(14-19)34-15-18-9-7-6-8-10-18/h6-12,14,23,31H,5,13,15H2,1-4H3. The number of thiazole rings is 1. The number of benzene rings is 2. The molecule has 1 aliphatic rings. The first kappa shape index (κ1) is 24.5. The van der Waals surface area contributed by atoms with Crippen molar-refractivity contribution in [3.8, 4) is 11.5 Å². The molecular weight excluding hydrogens is 464 g/mol. The topological polar surface area (TPSA) is 89.0 Å². The molecule has 2 heterocycles. The van der Waals surface area contributed by atoms with Crippen molar-refractivity contribution in [3.05, 3.63) is 86.6 Å². The Morgan fingerprint density at radius 3 is 2.51 bits per heavy atom. The van der Waals surface area contributed by atoms with Gasteiger partial charge in [-0.3, -0.25) is 9.59 Å². The largest absolute Gasteiger partial charge is 0.503 e. The summed E-state index contributed by atoms with van der Waals surface area (Å²) in [5.74, 6) is -0.430. The van der Waals surface area contributed by atoms with Gasteiger partial charge < -0.3 is 19.5 Å². The number of aliphatic hydroxyl groups is 1. The van der Waals surface area contributed by atoms with E-state index in [1.807, 2.05) is 44.2 Å². The van der Waals surface area contributed by atoms with Crippen LogP contribution in [0.3, 0.4) is 0 Å². The molecule has 182 valence electrons. The summed E-state index contributed by atoms with van der Waals surface area (Å²) in [4.78, 5) is 32.9. The van der Waals surface area contributed by atoms with Crippen LogP contribution in [0, 0.1) is 13.8 Å². The van der Waals surface area contributed by atoms with E-state index < -0.39 is 17.7 Å². The smallest absolute Gasteiger partial charge is 0.290 e. The average molecular weight is 493 g/mol. The molecule has 0 saturated heterocycles. The maximum atomic E-state index is 13.6. The molecule has 0 spiro atoms. The lowest BCUT2D eigenvalue weighted by atomic mass is 9.94. The molecule has 1 N–H and O–H groups in total. The Morgan fingerprint density at radius 1 is 1.14 bits per heavy atom. The van der Waals surface area contributed by atoms with Crippen LogP contribution in [-0.4, -0.2) is 40.3 Å². The fraction of sp³-hybridized carbons (Fsp3) is 0.296. The van der Waals surface area contributed by atoms with Gasteiger partial charge in [0.1, 0.15) is 6.61 Å². The van der Waals surface area contributed by atoms with Gasteiger partial charge in [0.05, 0.1) is 34.3 Å². The molecule has 1 unspecified atom stereocenters. The predicted molar refractivity (Wildman–Crippen MR) is 134 cm³/mol. The summed E-state index contributed by atoms with van der Waals surface area (Å²) in [6, 6.07) is 14.3. The first-order valence-electron chi connectivity index (χ1n) is 11.4. The molecule has 2 aromatic carbocycles. The van der Waals surface area contributed by atoms with Crippen LogP contribution < -0.4 is 9.47 Å². The maximum Gasteiger partial charge on any atom is 0.290 e. The molecule has 1 atom stereocenters. The van der Waals surface area contributed by atoms with Crippen LogP contribution in [0.1, 0.15) is 50.9 Å². The van der Waals surface area contributed by atoms with E-state index in [0.29, 0.717) is 47.2 Å². The molecule has 0 bridgehead atoms. The average Bonchev–Trinajstić information content (AvgIpc) is 3.33. The fourth-order valence-corrected chi connectivity index (χ4v) is 5.15. The van der Waals surface area contributed by atoms with Crippen molar-refractivity contribution in [1.82, 2.24) is 9.88 Å². The quantitative estimate of drug-likeness (QED) is 0.406. The van der Waals surface area contributed by atoms with Crippen LogP contribution in [0.2, 0.25) is 0 Å². The highest BCUT2D eigenvalue weighted by molar-refractivity contribution is 7.14. The van der Waals surface area contributed by atoms with E-state index in [1.165, 1.54) is 16.2 Å². The summed E-state index contributed by atoms with van der Waals surface area (Å²) in [7, 11) is 1.56. The van der Waals surface area contributed by atoms with E-state index in [-0.39, 0.29) is 11.4 Å². The van der Waals surface area contributed by atoms with Crippen molar-refractivity contribution in [1.29, 1.82) is 0 Å². The minimum Gasteiger partial charge on any atom is -0.503 e. The summed E-state index contributed by atoms with van der Waals surface area (Å²) < 4.78 is 11.6. The molecule has 1 aliphatic heterocycles. The molecule has 35 heavy (non-hydrogen) atoms. The van der Waals surface area contributed by atoms with E-state index in [2.05, 4.69) is 4.98 Å². The second-order valence-electron chi connectivity index (χ2n) is 8.32. The van der Waals surface area contributed by atoms with Crippen molar-refractivity contribution < 1.29 is 24.2 Å². The van der Waals surface area contributed by atoms with Gasteiger partial charge in [-0.1, -0.05) is 43.3 Å². The first-order valence-corrected chi connectivity index (χ1v) is 12.2. The van der Waals surface area contributed by atoms with Crippen molar-refractivity contribution in [2.24, 2.45) is 0 Å². The third-order valence-electron chi connectivity index (χ3n) is 5.86. The number of aryl methyl sites for hydroxylation is 2. The summed E-state index contributed by atoms with van der Waals surface area (Å²) >= 11 is 1.26. The van der Waals surface area contributed by atoms with Crippen molar-refractivity contribution in [2.45, 2.75) is 39.8 Å². The SMILES string of the molecule is CCCN1C(=O)C(O)=C(C(=O)c2sc(C)nc2C)C1c1ccc(OC)c(OCc2ccccc2)c1. The highest BCUT2D eigenvalue weighted by atomic mass is 32.1. The fourth-order valence-electron chi connectivity index (χ4n) is 4.28. The Morgan fingerprint density at radius 2 is 1.89 bits per heavy atom. The number of ketones is 1. The van der Waals surface area contributed by atoms with E-state index in [1.54, 1.807) is 32.2 Å². The van der Waals surface area contributed by atoms with Gasteiger partial charge in [0.25, 0.3) is 5.91 Å². The molecule has 8 heteroatoms. The molecule has 7 nitrogen and oxygen atoms in total. The number of carbonyl (C=O) groups is 2. The normalized spacial score (nSPS) is 15.6. The number of hydrogen-bond donors (Lipinski definition) is 1. The van der Waals surface area contributed by atoms with Crippen LogP contribution in [0.15, 0.2) is 59.9 Å². The van der Waals surface area contributed by atoms with Gasteiger partial charge in [0, 0.05) is 6.54 Å². The van der Waals surface area contributed by atoms with Gasteiger partial charge in [0.2, 0.25) is 5.78 Å². The number of nitrogens with zero attached hydrogens (tertiary/aromatic N) is 2. The second kappa shape index (κ2) is 10.3. The second-order valence-corrected chi connectivity index (χ2v) is 9.53. The number of amides is 1. The molecule has 0 saturated carbocycles. The Balaban J connectivity index is 1.76. The molecule has 4 rings (SSSR count). The summed E-state index contributed by atoms with van der Waals surface area (Å²) in [6.07, 6.45) is 0.670. The molecule has 0 fully saturated rings. The van der Waals surface area contributed by atoms with Crippen molar-refractivity contribution in [3.63, 3.8) is 0 Å². The molecule has 0 aliphatic carbocycles. The van der Waals surface area contributed by atoms with Crippen molar-refractivity contribution in [2.75, 3.05) is 13.7 Å². The van der Waals surface area contributed by atoms with E-state index >= 15 is 0 Å². The van der Waals surface area contributed by atoms with E-state index in [0.717, 1.165) is 10.6 Å². The van der Waals surface area contributed by atoms with Gasteiger partial charge in [-0.2, -0.15) is 0 Å². The number of carbonyl (C=O) groups excluding carboxylic acids is 2. The molecule has 0 radical (unpaired) electrons. The number of rotatable bonds is 9. The lowest BCUT2D eigenvalue weighted by Crippen LogP contribution is -2.31. The minimum absolute atomic E-state index is 0.0642. The zero-order valence-electron chi connectivity index (χ0n) is 20.2. The van der Waals surface area contributed by atoms with Gasteiger partial charge in [0.15, 0.2) is 17.3 Å². The Bertz CT molecular complexity index is 1280. The summed E-state index contributed by atoms with van der Waals surface area (Å²) in [5.41, 5.74) is 2.30. The zero-order valence-corrected chi connectivity index (χ0v) is 21.0.